The number of rotatable bonds is 4. The number of nitrogens with one attached hydrogen (secondary N) is 1. The molecule has 0 saturated heterocycles. The average Bonchev–Trinajstić information content (AvgIpc) is 2.28. The molecule has 0 aliphatic carbocycles. The molecule has 0 aliphatic heterocycles. The fourth-order valence-electron chi connectivity index (χ4n) is 1.36. The van der Waals surface area contributed by atoms with Crippen molar-refractivity contribution in [3.8, 4) is 0 Å². The molecule has 4 nitrogen and oxygen atoms in total. The standard InChI is InChI=1S/C12H15F3N2O2/c1-7-5-9(16)3-4-10(7)17-11(18)8(2)19-6-12(13,14)15/h3-5,8H,6,16H2,1-2H3,(H,17,18). The highest BCUT2D eigenvalue weighted by Gasteiger charge is 2.29. The summed E-state index contributed by atoms with van der Waals surface area (Å²) < 4.78 is 40.3. The molecule has 0 saturated carbocycles. The zero-order chi connectivity index (χ0) is 14.6. The number of alkyl halides is 3. The number of hydrogen-bond acceptors (Lipinski definition) is 3. The molecule has 0 bridgehead atoms. The van der Waals surface area contributed by atoms with Crippen LogP contribution in [-0.4, -0.2) is 24.8 Å². The molecule has 106 valence electrons. The number of nitrogens with two attached hydrogens (primary N) is 1. The summed E-state index contributed by atoms with van der Waals surface area (Å²) in [5.74, 6) is -0.642. The highest BCUT2D eigenvalue weighted by Crippen LogP contribution is 2.19. The number of carbonyl (C=O) groups excluding carboxylic acids is 1. The van der Waals surface area contributed by atoms with E-state index in [0.717, 1.165) is 5.56 Å². The average molecular weight is 276 g/mol. The number of benzene rings is 1. The van der Waals surface area contributed by atoms with Crippen molar-refractivity contribution < 1.29 is 22.7 Å². The minimum Gasteiger partial charge on any atom is -0.399 e. The van der Waals surface area contributed by atoms with Crippen LogP contribution >= 0.6 is 0 Å². The summed E-state index contributed by atoms with van der Waals surface area (Å²) in [4.78, 5) is 11.6. The zero-order valence-corrected chi connectivity index (χ0v) is 10.5. The Hall–Kier alpha value is -1.76. The van der Waals surface area contributed by atoms with Crippen LogP contribution in [0.1, 0.15) is 12.5 Å². The summed E-state index contributed by atoms with van der Waals surface area (Å²) in [6.45, 7) is 1.53. The molecule has 1 rings (SSSR count). The summed E-state index contributed by atoms with van der Waals surface area (Å²) >= 11 is 0. The molecular formula is C12H15F3N2O2. The topological polar surface area (TPSA) is 64.3 Å². The molecular weight excluding hydrogens is 261 g/mol. The molecule has 1 unspecified atom stereocenters. The van der Waals surface area contributed by atoms with Gasteiger partial charge in [-0.3, -0.25) is 4.79 Å². The first kappa shape index (κ1) is 15.3. The van der Waals surface area contributed by atoms with Gasteiger partial charge in [0.25, 0.3) is 5.91 Å². The first-order valence-corrected chi connectivity index (χ1v) is 5.54. The Kier molecular flexibility index (Phi) is 4.77. The van der Waals surface area contributed by atoms with Crippen molar-refractivity contribution in [1.29, 1.82) is 0 Å². The molecule has 1 amide bonds. The van der Waals surface area contributed by atoms with E-state index in [2.05, 4.69) is 10.1 Å². The molecule has 0 fully saturated rings. The number of anilines is 2. The Morgan fingerprint density at radius 2 is 2.11 bits per heavy atom. The van der Waals surface area contributed by atoms with Gasteiger partial charge in [-0.05, 0) is 37.6 Å². The number of halogens is 3. The number of carbonyl (C=O) groups is 1. The van der Waals surface area contributed by atoms with Crippen molar-refractivity contribution in [2.24, 2.45) is 0 Å². The van der Waals surface area contributed by atoms with Gasteiger partial charge in [-0.2, -0.15) is 13.2 Å². The van der Waals surface area contributed by atoms with E-state index in [1.807, 2.05) is 0 Å². The summed E-state index contributed by atoms with van der Waals surface area (Å²) in [6.07, 6.45) is -5.65. The van der Waals surface area contributed by atoms with E-state index in [9.17, 15) is 18.0 Å². The van der Waals surface area contributed by atoms with Crippen molar-refractivity contribution in [3.63, 3.8) is 0 Å². The lowest BCUT2D eigenvalue weighted by Gasteiger charge is -2.15. The summed E-state index contributed by atoms with van der Waals surface area (Å²) in [7, 11) is 0. The quantitative estimate of drug-likeness (QED) is 0.830. The summed E-state index contributed by atoms with van der Waals surface area (Å²) in [5.41, 5.74) is 7.30. The van der Waals surface area contributed by atoms with Gasteiger partial charge in [-0.15, -0.1) is 0 Å². The molecule has 0 aliphatic rings. The normalized spacial score (nSPS) is 13.1. The SMILES string of the molecule is Cc1cc(N)ccc1NC(=O)C(C)OCC(F)(F)F. The van der Waals surface area contributed by atoms with E-state index in [4.69, 9.17) is 5.73 Å². The monoisotopic (exact) mass is 276 g/mol. The minimum atomic E-state index is -4.45. The molecule has 0 radical (unpaired) electrons. The Labute approximate surface area is 108 Å². The molecule has 3 N–H and O–H groups in total. The first-order chi connectivity index (χ1) is 8.69. The Bertz CT molecular complexity index is 461. The Morgan fingerprint density at radius 1 is 1.47 bits per heavy atom. The number of hydrogen-bond donors (Lipinski definition) is 2. The van der Waals surface area contributed by atoms with E-state index >= 15 is 0 Å². The third-order valence-corrected chi connectivity index (χ3v) is 2.37. The van der Waals surface area contributed by atoms with Crippen LogP contribution in [0.5, 0.6) is 0 Å². The second-order valence-corrected chi connectivity index (χ2v) is 4.13. The molecule has 1 aromatic rings. The van der Waals surface area contributed by atoms with Gasteiger partial charge in [0.2, 0.25) is 0 Å². The molecule has 1 atom stereocenters. The minimum absolute atomic E-state index is 0.488. The van der Waals surface area contributed by atoms with Crippen LogP contribution in [0.15, 0.2) is 18.2 Å². The Balaban J connectivity index is 2.59. The van der Waals surface area contributed by atoms with Crippen molar-refractivity contribution in [1.82, 2.24) is 0 Å². The predicted molar refractivity (Wildman–Crippen MR) is 65.7 cm³/mol. The van der Waals surface area contributed by atoms with Crippen molar-refractivity contribution in [3.05, 3.63) is 23.8 Å². The molecule has 0 heterocycles. The van der Waals surface area contributed by atoms with Crippen molar-refractivity contribution in [2.45, 2.75) is 26.1 Å². The maximum absolute atomic E-state index is 11.9. The van der Waals surface area contributed by atoms with E-state index < -0.39 is 24.8 Å². The number of aryl methyl sites for hydroxylation is 1. The lowest BCUT2D eigenvalue weighted by atomic mass is 10.1. The smallest absolute Gasteiger partial charge is 0.399 e. The lowest BCUT2D eigenvalue weighted by Crippen LogP contribution is -2.31. The lowest BCUT2D eigenvalue weighted by molar-refractivity contribution is -0.184. The molecule has 0 aromatic heterocycles. The fourth-order valence-corrected chi connectivity index (χ4v) is 1.36. The van der Waals surface area contributed by atoms with Gasteiger partial charge in [0.1, 0.15) is 12.7 Å². The third kappa shape index (κ3) is 5.17. The number of nitrogen functional groups attached to an aromatic ring is 1. The summed E-state index contributed by atoms with van der Waals surface area (Å²) in [6, 6.07) is 4.82. The van der Waals surface area contributed by atoms with E-state index in [0.29, 0.717) is 11.4 Å². The maximum atomic E-state index is 11.9. The van der Waals surface area contributed by atoms with Gasteiger partial charge < -0.3 is 15.8 Å². The van der Waals surface area contributed by atoms with Crippen LogP contribution in [0, 0.1) is 6.92 Å². The van der Waals surface area contributed by atoms with Crippen LogP contribution in [-0.2, 0) is 9.53 Å². The number of amides is 1. The largest absolute Gasteiger partial charge is 0.411 e. The van der Waals surface area contributed by atoms with Gasteiger partial charge >= 0.3 is 6.18 Å². The number of ether oxygens (including phenoxy) is 1. The highest BCUT2D eigenvalue weighted by atomic mass is 19.4. The van der Waals surface area contributed by atoms with Gasteiger partial charge in [0.15, 0.2) is 0 Å². The van der Waals surface area contributed by atoms with E-state index in [1.54, 1.807) is 25.1 Å². The van der Waals surface area contributed by atoms with Gasteiger partial charge in [0.05, 0.1) is 0 Å². The van der Waals surface area contributed by atoms with Gasteiger partial charge in [0, 0.05) is 11.4 Å². The highest BCUT2D eigenvalue weighted by molar-refractivity contribution is 5.94. The van der Waals surface area contributed by atoms with Crippen molar-refractivity contribution >= 4 is 17.3 Å². The molecule has 0 spiro atoms. The maximum Gasteiger partial charge on any atom is 0.411 e. The fraction of sp³-hybridized carbons (Fsp3) is 0.417. The van der Waals surface area contributed by atoms with E-state index in [-0.39, 0.29) is 0 Å². The van der Waals surface area contributed by atoms with Gasteiger partial charge in [-0.1, -0.05) is 0 Å². The summed E-state index contributed by atoms with van der Waals surface area (Å²) in [5, 5.41) is 2.49. The van der Waals surface area contributed by atoms with Crippen molar-refractivity contribution in [2.75, 3.05) is 17.7 Å². The second kappa shape index (κ2) is 5.92. The predicted octanol–water partition coefficient (Wildman–Crippen LogP) is 2.48. The molecule has 1 aromatic carbocycles. The van der Waals surface area contributed by atoms with Crippen LogP contribution in [0.25, 0.3) is 0 Å². The van der Waals surface area contributed by atoms with Crippen LogP contribution in [0.4, 0.5) is 24.5 Å². The Morgan fingerprint density at radius 3 is 2.63 bits per heavy atom. The molecule has 19 heavy (non-hydrogen) atoms. The van der Waals surface area contributed by atoms with Crippen LogP contribution in [0.3, 0.4) is 0 Å². The van der Waals surface area contributed by atoms with Gasteiger partial charge in [-0.25, -0.2) is 0 Å². The first-order valence-electron chi connectivity index (χ1n) is 5.54. The molecule has 7 heteroatoms. The second-order valence-electron chi connectivity index (χ2n) is 4.13. The third-order valence-electron chi connectivity index (χ3n) is 2.37. The van der Waals surface area contributed by atoms with Crippen LogP contribution < -0.4 is 11.1 Å². The van der Waals surface area contributed by atoms with E-state index in [1.165, 1.54) is 6.92 Å². The zero-order valence-electron chi connectivity index (χ0n) is 10.5. The van der Waals surface area contributed by atoms with Crippen LogP contribution in [0.2, 0.25) is 0 Å².